The number of aryl methyl sites for hydroxylation is 2. The van der Waals surface area contributed by atoms with Gasteiger partial charge in [0.05, 0.1) is 0 Å². The van der Waals surface area contributed by atoms with Gasteiger partial charge in [-0.15, -0.1) is 11.3 Å². The van der Waals surface area contributed by atoms with E-state index in [1.807, 2.05) is 29.6 Å². The fourth-order valence-electron chi connectivity index (χ4n) is 2.52. The maximum atomic E-state index is 11.7. The Kier molecular flexibility index (Phi) is 3.37. The third kappa shape index (κ3) is 2.25. The lowest BCUT2D eigenvalue weighted by atomic mass is 9.96. The van der Waals surface area contributed by atoms with E-state index in [0.29, 0.717) is 0 Å². The van der Waals surface area contributed by atoms with Crippen molar-refractivity contribution >= 4 is 22.8 Å². The molecule has 1 heterocycles. The Hall–Kier alpha value is -2.36. The van der Waals surface area contributed by atoms with E-state index in [1.54, 1.807) is 11.3 Å². The second kappa shape index (κ2) is 5.33. The Labute approximate surface area is 120 Å². The molecule has 1 amide bonds. The molecule has 1 aromatic carbocycles. The number of thiophene rings is 1. The van der Waals surface area contributed by atoms with Gasteiger partial charge in [-0.05, 0) is 63.3 Å². The highest BCUT2D eigenvalue weighted by atomic mass is 32.1. The molecule has 0 atom stereocenters. The normalized spacial score (nSPS) is 14.9. The quantitative estimate of drug-likeness (QED) is 0.335. The van der Waals surface area contributed by atoms with E-state index < -0.39 is 5.91 Å². The number of amides is 1. The monoisotopic (exact) mass is 281 g/mol. The van der Waals surface area contributed by atoms with Gasteiger partial charge in [-0.1, -0.05) is 24.3 Å². The molecule has 1 aliphatic rings. The Morgan fingerprint density at radius 3 is 2.95 bits per heavy atom. The van der Waals surface area contributed by atoms with Crippen molar-refractivity contribution in [1.82, 2.24) is 0 Å². The number of hydrogen-bond donors (Lipinski definition) is 0. The zero-order valence-corrected chi connectivity index (χ0v) is 11.4. The van der Waals surface area contributed by atoms with E-state index in [0.717, 1.165) is 29.5 Å². The van der Waals surface area contributed by atoms with E-state index >= 15 is 0 Å². The summed E-state index contributed by atoms with van der Waals surface area (Å²) in [6.07, 6.45) is 3.36. The van der Waals surface area contributed by atoms with Gasteiger partial charge < -0.3 is 0 Å². The van der Waals surface area contributed by atoms with Crippen LogP contribution in [0.3, 0.4) is 0 Å². The van der Waals surface area contributed by atoms with Crippen LogP contribution >= 0.6 is 11.3 Å². The number of hydrogen-bond acceptors (Lipinski definition) is 2. The highest BCUT2D eigenvalue weighted by Gasteiger charge is 2.19. The van der Waals surface area contributed by atoms with Crippen molar-refractivity contribution in [3.8, 4) is 0 Å². The van der Waals surface area contributed by atoms with Crippen LogP contribution in [-0.2, 0) is 17.6 Å². The molecular formula is C15H11N3OS. The van der Waals surface area contributed by atoms with Gasteiger partial charge in [0.15, 0.2) is 0 Å². The topological polar surface area (TPSA) is 65.8 Å². The highest BCUT2D eigenvalue weighted by Crippen LogP contribution is 2.35. The molecule has 0 saturated heterocycles. The van der Waals surface area contributed by atoms with Crippen LogP contribution in [0.15, 0.2) is 46.9 Å². The maximum absolute atomic E-state index is 11.7. The number of benzene rings is 1. The van der Waals surface area contributed by atoms with Crippen molar-refractivity contribution in [3.05, 3.63) is 73.8 Å². The third-order valence-corrected chi connectivity index (χ3v) is 4.36. The molecule has 3 rings (SSSR count). The van der Waals surface area contributed by atoms with E-state index in [1.165, 1.54) is 16.5 Å². The first-order valence-corrected chi connectivity index (χ1v) is 7.13. The summed E-state index contributed by atoms with van der Waals surface area (Å²) in [5.74, 6) is -0.559. The molecule has 2 aromatic rings. The van der Waals surface area contributed by atoms with Crippen LogP contribution in [0.4, 0.5) is 0 Å². The van der Waals surface area contributed by atoms with Gasteiger partial charge in [0.1, 0.15) is 0 Å². The number of rotatable bonds is 1. The molecule has 1 aliphatic carbocycles. The average molecular weight is 281 g/mol. The lowest BCUT2D eigenvalue weighted by molar-refractivity contribution is -0.113. The molecule has 0 unspecified atom stereocenters. The molecule has 5 heteroatoms. The minimum Gasteiger partial charge on any atom is -0.288 e. The van der Waals surface area contributed by atoms with Gasteiger partial charge in [-0.25, -0.2) is 0 Å². The molecule has 20 heavy (non-hydrogen) atoms. The van der Waals surface area contributed by atoms with Gasteiger partial charge >= 0.3 is 0 Å². The summed E-state index contributed by atoms with van der Waals surface area (Å²) < 4.78 is 0. The predicted octanol–water partition coefficient (Wildman–Crippen LogP) is 4.12. The Balaban J connectivity index is 2.22. The van der Waals surface area contributed by atoms with E-state index in [-0.39, 0.29) is 0 Å². The fraction of sp³-hybridized carbons (Fsp3) is 0.133. The summed E-state index contributed by atoms with van der Waals surface area (Å²) in [6, 6.07) is 10.1. The van der Waals surface area contributed by atoms with Gasteiger partial charge in [0, 0.05) is 9.79 Å². The highest BCUT2D eigenvalue weighted by molar-refractivity contribution is 7.10. The zero-order chi connectivity index (χ0) is 13.9. The Morgan fingerprint density at radius 2 is 2.10 bits per heavy atom. The number of carbonyl (C=O) groups excluding carboxylic acids is 1. The first-order valence-electron chi connectivity index (χ1n) is 6.25. The molecule has 0 aliphatic heterocycles. The van der Waals surface area contributed by atoms with Crippen molar-refractivity contribution in [1.29, 1.82) is 0 Å². The summed E-state index contributed by atoms with van der Waals surface area (Å²) in [5.41, 5.74) is 12.6. The Bertz CT molecular complexity index is 754. The van der Waals surface area contributed by atoms with E-state index in [9.17, 15) is 4.79 Å². The van der Waals surface area contributed by atoms with Gasteiger partial charge in [-0.2, -0.15) is 0 Å². The first kappa shape index (κ1) is 12.7. The lowest BCUT2D eigenvalue weighted by Gasteiger charge is -2.08. The predicted molar refractivity (Wildman–Crippen MR) is 79.4 cm³/mol. The molecule has 4 nitrogen and oxygen atoms in total. The number of azide groups is 1. The number of carbonyl (C=O) groups is 1. The first-order chi connectivity index (χ1) is 9.79. The Morgan fingerprint density at radius 1 is 1.25 bits per heavy atom. The molecule has 0 fully saturated rings. The van der Waals surface area contributed by atoms with Crippen molar-refractivity contribution < 1.29 is 4.79 Å². The summed E-state index contributed by atoms with van der Waals surface area (Å²) in [4.78, 5) is 15.5. The van der Waals surface area contributed by atoms with Gasteiger partial charge in [0.2, 0.25) is 5.91 Å². The van der Waals surface area contributed by atoms with E-state index in [4.69, 9.17) is 5.53 Å². The average Bonchev–Trinajstić information content (AvgIpc) is 2.86. The van der Waals surface area contributed by atoms with Crippen molar-refractivity contribution in [2.45, 2.75) is 12.8 Å². The van der Waals surface area contributed by atoms with Crippen LogP contribution < -0.4 is 0 Å². The van der Waals surface area contributed by atoms with Crippen LogP contribution in [0.25, 0.3) is 16.0 Å². The smallest absolute Gasteiger partial charge is 0.242 e. The number of nitrogens with zero attached hydrogens (tertiary/aromatic N) is 3. The minimum absolute atomic E-state index is 0.559. The standard InChI is InChI=1S/C15H11N3OS/c16-18-17-15(19)9-13-11-4-2-1-3-10(11)5-6-14-12(13)7-8-20-14/h1-4,7-9H,5-6H2/b13-9-. The largest absolute Gasteiger partial charge is 0.288 e. The molecule has 0 N–H and O–H groups in total. The lowest BCUT2D eigenvalue weighted by Crippen LogP contribution is -1.94. The van der Waals surface area contributed by atoms with Crippen LogP contribution in [0, 0.1) is 0 Å². The molecule has 98 valence electrons. The molecule has 1 aromatic heterocycles. The van der Waals surface area contributed by atoms with Crippen molar-refractivity contribution in [2.24, 2.45) is 5.11 Å². The summed E-state index contributed by atoms with van der Waals surface area (Å²) in [7, 11) is 0. The van der Waals surface area contributed by atoms with Crippen LogP contribution in [0.2, 0.25) is 0 Å². The van der Waals surface area contributed by atoms with Crippen molar-refractivity contribution in [2.75, 3.05) is 0 Å². The fourth-order valence-corrected chi connectivity index (χ4v) is 3.41. The second-order valence-corrected chi connectivity index (χ2v) is 5.50. The maximum Gasteiger partial charge on any atom is 0.242 e. The summed E-state index contributed by atoms with van der Waals surface area (Å²) in [6.45, 7) is 0. The number of fused-ring (bicyclic) bond motifs is 2. The van der Waals surface area contributed by atoms with Crippen LogP contribution in [-0.4, -0.2) is 5.91 Å². The third-order valence-electron chi connectivity index (χ3n) is 3.38. The summed E-state index contributed by atoms with van der Waals surface area (Å²) in [5, 5.41) is 5.18. The van der Waals surface area contributed by atoms with Crippen molar-refractivity contribution in [3.63, 3.8) is 0 Å². The molecule has 0 saturated carbocycles. The molecule has 0 radical (unpaired) electrons. The minimum atomic E-state index is -0.559. The van der Waals surface area contributed by atoms with E-state index in [2.05, 4.69) is 16.1 Å². The SMILES string of the molecule is [N-]=[N+]=NC(=O)/C=C1/c2ccccc2CCc2sccc21. The second-order valence-electron chi connectivity index (χ2n) is 4.50. The molecule has 0 spiro atoms. The van der Waals surface area contributed by atoms with Crippen LogP contribution in [0.5, 0.6) is 0 Å². The van der Waals surface area contributed by atoms with Gasteiger partial charge in [0.25, 0.3) is 0 Å². The zero-order valence-electron chi connectivity index (χ0n) is 10.6. The van der Waals surface area contributed by atoms with Crippen LogP contribution in [0.1, 0.15) is 21.6 Å². The van der Waals surface area contributed by atoms with Gasteiger partial charge in [-0.3, -0.25) is 4.79 Å². The summed E-state index contributed by atoms with van der Waals surface area (Å²) >= 11 is 1.70. The molecule has 0 bridgehead atoms. The molecular weight excluding hydrogens is 270 g/mol.